The van der Waals surface area contributed by atoms with Crippen molar-refractivity contribution in [1.29, 1.82) is 0 Å². The van der Waals surface area contributed by atoms with Gasteiger partial charge in [0.05, 0.1) is 12.1 Å². The van der Waals surface area contributed by atoms with Gasteiger partial charge in [0, 0.05) is 21.8 Å². The first-order chi connectivity index (χ1) is 9.51. The van der Waals surface area contributed by atoms with Gasteiger partial charge in [-0.2, -0.15) is 0 Å². The van der Waals surface area contributed by atoms with Gasteiger partial charge in [-0.25, -0.2) is 0 Å². The number of hydrogen-bond donors (Lipinski definition) is 2. The first kappa shape index (κ1) is 14.7. The molecule has 0 aliphatic rings. The first-order valence-corrected chi connectivity index (χ1v) is 6.82. The van der Waals surface area contributed by atoms with Crippen molar-refractivity contribution in [2.75, 3.05) is 12.4 Å². The average molecular weight is 357 g/mol. The van der Waals surface area contributed by atoms with Crippen molar-refractivity contribution in [1.82, 2.24) is 0 Å². The van der Waals surface area contributed by atoms with Gasteiger partial charge in [0.2, 0.25) is 0 Å². The van der Waals surface area contributed by atoms with E-state index in [2.05, 4.69) is 21.2 Å². The number of ether oxygens (including phenoxy) is 1. The molecule has 0 saturated heterocycles. The molecule has 0 bridgehead atoms. The maximum Gasteiger partial charge on any atom is 0.255 e. The van der Waals surface area contributed by atoms with Crippen molar-refractivity contribution in [2.45, 2.75) is 0 Å². The lowest BCUT2D eigenvalue weighted by atomic mass is 10.2. The van der Waals surface area contributed by atoms with E-state index in [-0.39, 0.29) is 11.7 Å². The van der Waals surface area contributed by atoms with Crippen LogP contribution in [0.1, 0.15) is 10.4 Å². The minimum absolute atomic E-state index is 0.0425. The third kappa shape index (κ3) is 3.23. The maximum absolute atomic E-state index is 12.0. The number of nitrogens with one attached hydrogen (secondary N) is 1. The summed E-state index contributed by atoms with van der Waals surface area (Å²) in [4.78, 5) is 12.0. The number of anilines is 1. The summed E-state index contributed by atoms with van der Waals surface area (Å²) in [6.45, 7) is 0. The molecule has 0 fully saturated rings. The Kier molecular flexibility index (Phi) is 4.52. The Morgan fingerprint density at radius 1 is 1.30 bits per heavy atom. The Morgan fingerprint density at radius 2 is 2.05 bits per heavy atom. The fourth-order valence-electron chi connectivity index (χ4n) is 1.61. The predicted octanol–water partition coefficient (Wildman–Crippen LogP) is 4.07. The SMILES string of the molecule is COc1ccc(NC(=O)c2ccc(Br)c(Cl)c2)cc1O. The Hall–Kier alpha value is -1.72. The molecular weight excluding hydrogens is 346 g/mol. The molecule has 0 aromatic heterocycles. The summed E-state index contributed by atoms with van der Waals surface area (Å²) in [5, 5.41) is 12.8. The van der Waals surface area contributed by atoms with Crippen molar-refractivity contribution in [3.63, 3.8) is 0 Å². The summed E-state index contributed by atoms with van der Waals surface area (Å²) in [5.74, 6) is -0.0159. The fraction of sp³-hybridized carbons (Fsp3) is 0.0714. The van der Waals surface area contributed by atoms with Gasteiger partial charge in [-0.05, 0) is 46.3 Å². The molecule has 104 valence electrons. The van der Waals surface area contributed by atoms with Crippen LogP contribution < -0.4 is 10.1 Å². The number of halogens is 2. The third-order valence-corrected chi connectivity index (χ3v) is 3.85. The standard InChI is InChI=1S/C14H11BrClNO3/c1-20-13-5-3-9(7-12(13)18)17-14(19)8-2-4-10(15)11(16)6-8/h2-7,18H,1H3,(H,17,19). The van der Waals surface area contributed by atoms with E-state index >= 15 is 0 Å². The molecule has 6 heteroatoms. The number of phenolic OH excluding ortho intramolecular Hbond substituents is 1. The van der Waals surface area contributed by atoms with Crippen LogP contribution in [0.3, 0.4) is 0 Å². The summed E-state index contributed by atoms with van der Waals surface area (Å²) < 4.78 is 5.65. The summed E-state index contributed by atoms with van der Waals surface area (Å²) in [5.41, 5.74) is 0.890. The van der Waals surface area contributed by atoms with E-state index in [0.717, 1.165) is 4.47 Å². The number of carbonyl (C=O) groups is 1. The highest BCUT2D eigenvalue weighted by atomic mass is 79.9. The van der Waals surface area contributed by atoms with Crippen molar-refractivity contribution in [3.05, 3.63) is 51.5 Å². The largest absolute Gasteiger partial charge is 0.504 e. The molecule has 0 atom stereocenters. The number of carbonyl (C=O) groups excluding carboxylic acids is 1. The molecule has 0 spiro atoms. The summed E-state index contributed by atoms with van der Waals surface area (Å²) in [6, 6.07) is 9.52. The Morgan fingerprint density at radius 3 is 2.65 bits per heavy atom. The van der Waals surface area contributed by atoms with Crippen LogP contribution in [0.4, 0.5) is 5.69 Å². The molecule has 1 amide bonds. The average Bonchev–Trinajstić information content (AvgIpc) is 2.42. The van der Waals surface area contributed by atoms with Gasteiger partial charge in [-0.3, -0.25) is 4.79 Å². The zero-order valence-electron chi connectivity index (χ0n) is 10.5. The summed E-state index contributed by atoms with van der Waals surface area (Å²) >= 11 is 9.20. The molecule has 0 aliphatic carbocycles. The molecule has 0 radical (unpaired) electrons. The van der Waals surface area contributed by atoms with E-state index < -0.39 is 0 Å². The molecule has 0 saturated carbocycles. The molecule has 2 rings (SSSR count). The smallest absolute Gasteiger partial charge is 0.255 e. The molecule has 4 nitrogen and oxygen atoms in total. The number of hydrogen-bond acceptors (Lipinski definition) is 3. The normalized spacial score (nSPS) is 10.2. The molecule has 0 aliphatic heterocycles. The van der Waals surface area contributed by atoms with Crippen LogP contribution in [0, 0.1) is 0 Å². The van der Waals surface area contributed by atoms with Gasteiger partial charge in [-0.15, -0.1) is 0 Å². The number of amides is 1. The number of benzene rings is 2. The van der Waals surface area contributed by atoms with E-state index in [4.69, 9.17) is 16.3 Å². The monoisotopic (exact) mass is 355 g/mol. The molecule has 20 heavy (non-hydrogen) atoms. The Bertz CT molecular complexity index is 661. The van der Waals surface area contributed by atoms with Crippen LogP contribution in [0.2, 0.25) is 5.02 Å². The number of rotatable bonds is 3. The molecule has 0 unspecified atom stereocenters. The number of phenols is 1. The van der Waals surface area contributed by atoms with Crippen molar-refractivity contribution in [2.24, 2.45) is 0 Å². The predicted molar refractivity (Wildman–Crippen MR) is 81.8 cm³/mol. The highest BCUT2D eigenvalue weighted by Crippen LogP contribution is 2.29. The van der Waals surface area contributed by atoms with Crippen LogP contribution in [-0.4, -0.2) is 18.1 Å². The first-order valence-electron chi connectivity index (χ1n) is 5.64. The fourth-order valence-corrected chi connectivity index (χ4v) is 2.04. The Labute approximate surface area is 129 Å². The van der Waals surface area contributed by atoms with E-state index in [0.29, 0.717) is 22.0 Å². The number of aromatic hydroxyl groups is 1. The molecular formula is C14H11BrClNO3. The van der Waals surface area contributed by atoms with Gasteiger partial charge in [0.15, 0.2) is 11.5 Å². The van der Waals surface area contributed by atoms with E-state index in [1.165, 1.54) is 13.2 Å². The highest BCUT2D eigenvalue weighted by Gasteiger charge is 2.10. The van der Waals surface area contributed by atoms with Gasteiger partial charge in [0.1, 0.15) is 0 Å². The van der Waals surface area contributed by atoms with Crippen LogP contribution in [0.5, 0.6) is 11.5 Å². The molecule has 2 N–H and O–H groups in total. The summed E-state index contributed by atoms with van der Waals surface area (Å²) in [7, 11) is 1.46. The second-order valence-electron chi connectivity index (χ2n) is 3.97. The second kappa shape index (κ2) is 6.15. The van der Waals surface area contributed by atoms with Crippen molar-refractivity contribution < 1.29 is 14.6 Å². The van der Waals surface area contributed by atoms with Gasteiger partial charge >= 0.3 is 0 Å². The van der Waals surface area contributed by atoms with E-state index in [1.807, 2.05) is 0 Å². The van der Waals surface area contributed by atoms with Crippen LogP contribution in [0.25, 0.3) is 0 Å². The molecule has 2 aromatic rings. The quantitative estimate of drug-likeness (QED) is 0.871. The van der Waals surface area contributed by atoms with E-state index in [9.17, 15) is 9.90 Å². The zero-order valence-corrected chi connectivity index (χ0v) is 12.8. The maximum atomic E-state index is 12.0. The van der Waals surface area contributed by atoms with Crippen LogP contribution in [-0.2, 0) is 0 Å². The lowest BCUT2D eigenvalue weighted by Crippen LogP contribution is -2.11. The van der Waals surface area contributed by atoms with E-state index in [1.54, 1.807) is 30.3 Å². The zero-order chi connectivity index (χ0) is 14.7. The van der Waals surface area contributed by atoms with Crippen LogP contribution >= 0.6 is 27.5 Å². The topological polar surface area (TPSA) is 58.6 Å². The molecule has 2 aromatic carbocycles. The highest BCUT2D eigenvalue weighted by molar-refractivity contribution is 9.10. The van der Waals surface area contributed by atoms with Crippen molar-refractivity contribution >= 4 is 39.1 Å². The van der Waals surface area contributed by atoms with Gasteiger partial charge in [0.25, 0.3) is 5.91 Å². The van der Waals surface area contributed by atoms with Crippen LogP contribution in [0.15, 0.2) is 40.9 Å². The minimum Gasteiger partial charge on any atom is -0.504 e. The van der Waals surface area contributed by atoms with Gasteiger partial charge in [-0.1, -0.05) is 11.6 Å². The second-order valence-corrected chi connectivity index (χ2v) is 5.23. The third-order valence-electron chi connectivity index (χ3n) is 2.62. The van der Waals surface area contributed by atoms with Crippen molar-refractivity contribution in [3.8, 4) is 11.5 Å². The summed E-state index contributed by atoms with van der Waals surface area (Å²) in [6.07, 6.45) is 0. The minimum atomic E-state index is -0.316. The number of methoxy groups -OCH3 is 1. The van der Waals surface area contributed by atoms with Gasteiger partial charge < -0.3 is 15.2 Å². The lowest BCUT2D eigenvalue weighted by Gasteiger charge is -2.08. The Balaban J connectivity index is 2.19. The molecule has 0 heterocycles. The lowest BCUT2D eigenvalue weighted by molar-refractivity contribution is 0.102.